The normalized spacial score (nSPS) is 10.4. The molecule has 0 saturated carbocycles. The third-order valence-corrected chi connectivity index (χ3v) is 4.73. The fourth-order valence-corrected chi connectivity index (χ4v) is 2.92. The first-order valence-corrected chi connectivity index (χ1v) is 9.26. The molecule has 28 heavy (non-hydrogen) atoms. The lowest BCUT2D eigenvalue weighted by Gasteiger charge is -2.11. The number of methoxy groups -OCH3 is 1. The summed E-state index contributed by atoms with van der Waals surface area (Å²) < 4.78 is 5.25. The molecule has 0 aliphatic heterocycles. The second kappa shape index (κ2) is 9.04. The summed E-state index contributed by atoms with van der Waals surface area (Å²) in [6.07, 6.45) is 4.14. The Hall–Kier alpha value is -3.34. The summed E-state index contributed by atoms with van der Waals surface area (Å²) in [6, 6.07) is 15.7. The van der Waals surface area contributed by atoms with E-state index in [1.165, 1.54) is 5.56 Å². The molecule has 1 amide bonds. The highest BCUT2D eigenvalue weighted by Crippen LogP contribution is 2.19. The maximum Gasteiger partial charge on any atom is 0.257 e. The number of aryl methyl sites for hydroxylation is 1. The molecule has 0 saturated heterocycles. The van der Waals surface area contributed by atoms with Crippen LogP contribution in [0.5, 0.6) is 5.75 Å². The van der Waals surface area contributed by atoms with Gasteiger partial charge in [0.1, 0.15) is 5.75 Å². The van der Waals surface area contributed by atoms with Crippen LogP contribution in [0.25, 0.3) is 0 Å². The molecular formula is C23H25N3O2. The van der Waals surface area contributed by atoms with E-state index in [0.29, 0.717) is 5.56 Å². The molecule has 0 bridgehead atoms. The minimum atomic E-state index is -0.169. The minimum Gasteiger partial charge on any atom is -0.497 e. The molecule has 0 radical (unpaired) electrons. The molecule has 1 aromatic heterocycles. The van der Waals surface area contributed by atoms with Crippen molar-refractivity contribution in [1.82, 2.24) is 4.98 Å². The third kappa shape index (κ3) is 4.88. The van der Waals surface area contributed by atoms with Gasteiger partial charge >= 0.3 is 0 Å². The van der Waals surface area contributed by atoms with Crippen molar-refractivity contribution in [2.75, 3.05) is 24.3 Å². The van der Waals surface area contributed by atoms with Crippen molar-refractivity contribution < 1.29 is 9.53 Å². The summed E-state index contributed by atoms with van der Waals surface area (Å²) in [6.45, 7) is 4.76. The topological polar surface area (TPSA) is 63.2 Å². The number of carbonyl (C=O) groups excluding carboxylic acids is 1. The standard InChI is InChI=1S/C23H25N3O2/c1-16-6-4-9-22(17(16)2)26-23(27)19-13-20(15-24-14-19)25-11-10-18-7-5-8-21(12-18)28-3/h4-9,12-15,25H,10-11H2,1-3H3,(H,26,27). The van der Waals surface area contributed by atoms with E-state index in [9.17, 15) is 4.79 Å². The summed E-state index contributed by atoms with van der Waals surface area (Å²) in [5, 5.41) is 6.30. The predicted molar refractivity (Wildman–Crippen MR) is 113 cm³/mol. The van der Waals surface area contributed by atoms with Gasteiger partial charge in [0.25, 0.3) is 5.91 Å². The highest BCUT2D eigenvalue weighted by atomic mass is 16.5. The molecule has 3 aromatic rings. The SMILES string of the molecule is COc1cccc(CCNc2cncc(C(=O)Nc3cccc(C)c3C)c2)c1. The molecule has 5 heteroatoms. The number of rotatable bonds is 7. The third-order valence-electron chi connectivity index (χ3n) is 4.73. The van der Waals surface area contributed by atoms with Crippen LogP contribution >= 0.6 is 0 Å². The highest BCUT2D eigenvalue weighted by Gasteiger charge is 2.10. The number of benzene rings is 2. The Bertz CT molecular complexity index is 970. The molecule has 2 N–H and O–H groups in total. The van der Waals surface area contributed by atoms with Gasteiger partial charge in [-0.3, -0.25) is 9.78 Å². The smallest absolute Gasteiger partial charge is 0.257 e. The number of ether oxygens (including phenoxy) is 1. The molecule has 2 aromatic carbocycles. The number of nitrogens with one attached hydrogen (secondary N) is 2. The van der Waals surface area contributed by atoms with Crippen molar-refractivity contribution in [3.05, 3.63) is 83.2 Å². The average molecular weight is 375 g/mol. The molecule has 0 aliphatic carbocycles. The Balaban J connectivity index is 1.61. The van der Waals surface area contributed by atoms with E-state index in [0.717, 1.165) is 41.2 Å². The summed E-state index contributed by atoms with van der Waals surface area (Å²) in [4.78, 5) is 16.8. The molecule has 0 aliphatic rings. The van der Waals surface area contributed by atoms with Gasteiger partial charge in [-0.05, 0) is 61.2 Å². The zero-order chi connectivity index (χ0) is 19.9. The number of anilines is 2. The van der Waals surface area contributed by atoms with Gasteiger partial charge in [-0.1, -0.05) is 24.3 Å². The maximum atomic E-state index is 12.6. The summed E-state index contributed by atoms with van der Waals surface area (Å²) in [7, 11) is 1.66. The van der Waals surface area contributed by atoms with E-state index in [1.54, 1.807) is 19.5 Å². The minimum absolute atomic E-state index is 0.169. The predicted octanol–water partition coefficient (Wildman–Crippen LogP) is 4.61. The van der Waals surface area contributed by atoms with Crippen molar-refractivity contribution >= 4 is 17.3 Å². The van der Waals surface area contributed by atoms with Crippen molar-refractivity contribution in [1.29, 1.82) is 0 Å². The van der Waals surface area contributed by atoms with E-state index in [-0.39, 0.29) is 5.91 Å². The molecule has 0 spiro atoms. The van der Waals surface area contributed by atoms with Gasteiger partial charge in [-0.15, -0.1) is 0 Å². The van der Waals surface area contributed by atoms with Crippen LogP contribution in [0.4, 0.5) is 11.4 Å². The molecule has 0 fully saturated rings. The van der Waals surface area contributed by atoms with Gasteiger partial charge in [-0.2, -0.15) is 0 Å². The average Bonchev–Trinajstić information content (AvgIpc) is 2.72. The van der Waals surface area contributed by atoms with Crippen LogP contribution in [-0.4, -0.2) is 24.5 Å². The first-order valence-electron chi connectivity index (χ1n) is 9.26. The number of amides is 1. The first-order chi connectivity index (χ1) is 13.6. The largest absolute Gasteiger partial charge is 0.497 e. The van der Waals surface area contributed by atoms with Gasteiger partial charge in [0, 0.05) is 24.6 Å². The van der Waals surface area contributed by atoms with Crippen molar-refractivity contribution in [3.63, 3.8) is 0 Å². The number of hydrogen-bond donors (Lipinski definition) is 2. The zero-order valence-electron chi connectivity index (χ0n) is 16.5. The van der Waals surface area contributed by atoms with Crippen molar-refractivity contribution in [2.45, 2.75) is 20.3 Å². The summed E-state index contributed by atoms with van der Waals surface area (Å²) in [5.41, 5.74) is 5.55. The molecule has 1 heterocycles. The highest BCUT2D eigenvalue weighted by molar-refractivity contribution is 6.05. The first kappa shape index (κ1) is 19.4. The number of nitrogens with zero attached hydrogens (tertiary/aromatic N) is 1. The molecule has 144 valence electrons. The number of carbonyl (C=O) groups is 1. The van der Waals surface area contributed by atoms with Crippen LogP contribution in [0.15, 0.2) is 60.9 Å². The quantitative estimate of drug-likeness (QED) is 0.633. The van der Waals surface area contributed by atoms with Gasteiger partial charge in [0.15, 0.2) is 0 Å². The molecule has 0 atom stereocenters. The second-order valence-corrected chi connectivity index (χ2v) is 6.69. The van der Waals surface area contributed by atoms with Gasteiger partial charge in [-0.25, -0.2) is 0 Å². The van der Waals surface area contributed by atoms with Crippen LogP contribution in [0.1, 0.15) is 27.0 Å². The van der Waals surface area contributed by atoms with E-state index in [4.69, 9.17) is 4.74 Å². The lowest BCUT2D eigenvalue weighted by molar-refractivity contribution is 0.102. The van der Waals surface area contributed by atoms with Crippen LogP contribution in [-0.2, 0) is 6.42 Å². The van der Waals surface area contributed by atoms with Gasteiger partial charge < -0.3 is 15.4 Å². The van der Waals surface area contributed by atoms with Crippen LogP contribution in [0.3, 0.4) is 0 Å². The number of hydrogen-bond acceptors (Lipinski definition) is 4. The lowest BCUT2D eigenvalue weighted by atomic mass is 10.1. The Morgan fingerprint density at radius 3 is 2.71 bits per heavy atom. The molecule has 0 unspecified atom stereocenters. The van der Waals surface area contributed by atoms with E-state index >= 15 is 0 Å². The Morgan fingerprint density at radius 1 is 1.07 bits per heavy atom. The van der Waals surface area contributed by atoms with E-state index < -0.39 is 0 Å². The van der Waals surface area contributed by atoms with Crippen molar-refractivity contribution in [2.24, 2.45) is 0 Å². The molecule has 5 nitrogen and oxygen atoms in total. The van der Waals surface area contributed by atoms with E-state index in [2.05, 4.69) is 21.7 Å². The Morgan fingerprint density at radius 2 is 1.89 bits per heavy atom. The fourth-order valence-electron chi connectivity index (χ4n) is 2.92. The Labute approximate surface area is 165 Å². The molecular weight excluding hydrogens is 350 g/mol. The van der Waals surface area contributed by atoms with Crippen LogP contribution in [0, 0.1) is 13.8 Å². The van der Waals surface area contributed by atoms with Crippen LogP contribution in [0.2, 0.25) is 0 Å². The Kier molecular flexibility index (Phi) is 6.27. The van der Waals surface area contributed by atoms with Crippen LogP contribution < -0.4 is 15.4 Å². The fraction of sp³-hybridized carbons (Fsp3) is 0.217. The monoisotopic (exact) mass is 375 g/mol. The second-order valence-electron chi connectivity index (χ2n) is 6.69. The number of aromatic nitrogens is 1. The maximum absolute atomic E-state index is 12.6. The molecule has 3 rings (SSSR count). The summed E-state index contributed by atoms with van der Waals surface area (Å²) in [5.74, 6) is 0.682. The number of pyridine rings is 1. The van der Waals surface area contributed by atoms with Gasteiger partial charge in [0.2, 0.25) is 0 Å². The van der Waals surface area contributed by atoms with E-state index in [1.807, 2.05) is 56.3 Å². The zero-order valence-corrected chi connectivity index (χ0v) is 16.5. The van der Waals surface area contributed by atoms with Gasteiger partial charge in [0.05, 0.1) is 18.4 Å². The lowest BCUT2D eigenvalue weighted by Crippen LogP contribution is -2.14. The summed E-state index contributed by atoms with van der Waals surface area (Å²) >= 11 is 0. The van der Waals surface area contributed by atoms with Crippen molar-refractivity contribution in [3.8, 4) is 5.75 Å².